The molecule has 0 saturated heterocycles. The first-order valence-corrected chi connectivity index (χ1v) is 3.18. The fourth-order valence-corrected chi connectivity index (χ4v) is 0.728. The van der Waals surface area contributed by atoms with E-state index < -0.39 is 0 Å². The minimum Gasteiger partial charge on any atom is -0.0789 e. The Hall–Kier alpha value is -0.260. The van der Waals surface area contributed by atoms with Gasteiger partial charge >= 0.3 is 0 Å². The predicted octanol–water partition coefficient (Wildman–Crippen LogP) is 2.80. The van der Waals surface area contributed by atoms with Crippen LogP contribution in [0.25, 0.3) is 0 Å². The van der Waals surface area contributed by atoms with Gasteiger partial charge in [0.15, 0.2) is 0 Å². The van der Waals surface area contributed by atoms with Gasteiger partial charge in [-0.05, 0) is 11.8 Å². The average molecular weight is 111 g/mol. The second-order valence-electron chi connectivity index (χ2n) is 2.91. The van der Waals surface area contributed by atoms with Crippen molar-refractivity contribution in [1.82, 2.24) is 0 Å². The molecule has 0 nitrogen and oxygen atoms in total. The van der Waals surface area contributed by atoms with Gasteiger partial charge in [0.25, 0.3) is 0 Å². The minimum absolute atomic E-state index is 0.245. The average Bonchev–Trinajstić information content (AvgIpc) is 1.67. The summed E-state index contributed by atoms with van der Waals surface area (Å²) in [5.74, 6) is 0. The van der Waals surface area contributed by atoms with Crippen molar-refractivity contribution in [3.8, 4) is 0 Å². The molecule has 0 spiro atoms. The number of hydrogen-bond donors (Lipinski definition) is 0. The van der Waals surface area contributed by atoms with Crippen molar-refractivity contribution in [3.05, 3.63) is 12.7 Å². The maximum atomic E-state index is 5.37. The Kier molecular flexibility index (Phi) is 2.81. The lowest BCUT2D eigenvalue weighted by molar-refractivity contribution is 0.432. The Morgan fingerprint density at radius 3 is 2.12 bits per heavy atom. The molecule has 0 fully saturated rings. The van der Waals surface area contributed by atoms with Gasteiger partial charge in [-0.2, -0.15) is 0 Å². The van der Waals surface area contributed by atoms with Gasteiger partial charge in [-0.1, -0.05) is 39.8 Å². The van der Waals surface area contributed by atoms with E-state index in [0.717, 1.165) is 0 Å². The third-order valence-electron chi connectivity index (χ3n) is 1.35. The molecule has 8 heavy (non-hydrogen) atoms. The molecule has 0 unspecified atom stereocenters. The quantitative estimate of drug-likeness (QED) is 0.525. The summed E-state index contributed by atoms with van der Waals surface area (Å²) < 4.78 is 0. The zero-order chi connectivity index (χ0) is 6.62. The molecule has 0 rings (SSSR count). The van der Waals surface area contributed by atoms with Crippen molar-refractivity contribution in [2.24, 2.45) is 5.41 Å². The molecule has 0 heterocycles. The molecule has 0 heteroatoms. The van der Waals surface area contributed by atoms with Crippen molar-refractivity contribution < 1.29 is 0 Å². The van der Waals surface area contributed by atoms with Crippen LogP contribution in [-0.2, 0) is 0 Å². The van der Waals surface area contributed by atoms with E-state index in [9.17, 15) is 0 Å². The molecule has 0 atom stereocenters. The summed E-state index contributed by atoms with van der Waals surface area (Å²) in [7, 11) is 0. The van der Waals surface area contributed by atoms with Crippen molar-refractivity contribution in [1.29, 1.82) is 0 Å². The molecule has 0 saturated carbocycles. The van der Waals surface area contributed by atoms with Crippen LogP contribution in [0.5, 0.6) is 0 Å². The summed E-state index contributed by atoms with van der Waals surface area (Å²) in [6, 6.07) is 0. The van der Waals surface area contributed by atoms with Gasteiger partial charge in [0, 0.05) is 0 Å². The topological polar surface area (TPSA) is 0 Å². The monoisotopic (exact) mass is 111 g/mol. The van der Waals surface area contributed by atoms with Gasteiger partial charge in [-0.25, -0.2) is 0 Å². The van der Waals surface area contributed by atoms with Gasteiger partial charge in [0.05, 0.1) is 0 Å². The Bertz CT molecular complexity index is 70.1. The van der Waals surface area contributed by atoms with Crippen molar-refractivity contribution in [2.75, 3.05) is 0 Å². The smallest absolute Gasteiger partial charge is 0.0172 e. The Balaban J connectivity index is 3.53. The van der Waals surface area contributed by atoms with Gasteiger partial charge in [-0.15, -0.1) is 0 Å². The highest BCUT2D eigenvalue weighted by Crippen LogP contribution is 2.22. The van der Waals surface area contributed by atoms with Crippen LogP contribution in [0, 0.1) is 12.0 Å². The van der Waals surface area contributed by atoms with Crippen LogP contribution in [0.3, 0.4) is 0 Å². The lowest BCUT2D eigenvalue weighted by Gasteiger charge is -2.17. The second kappa shape index (κ2) is 2.91. The summed E-state index contributed by atoms with van der Waals surface area (Å²) in [5, 5.41) is 0. The van der Waals surface area contributed by atoms with Crippen LogP contribution in [0.2, 0.25) is 0 Å². The fraction of sp³-hybridized carbons (Fsp3) is 0.750. The predicted molar refractivity (Wildman–Crippen MR) is 37.6 cm³/mol. The Morgan fingerprint density at radius 1 is 1.50 bits per heavy atom. The molecule has 0 aliphatic rings. The van der Waals surface area contributed by atoms with Crippen molar-refractivity contribution in [3.63, 3.8) is 0 Å². The molecule has 47 valence electrons. The highest BCUT2D eigenvalue weighted by Gasteiger charge is 2.09. The van der Waals surface area contributed by atoms with Crippen LogP contribution in [-0.4, -0.2) is 0 Å². The fourth-order valence-electron chi connectivity index (χ4n) is 0.728. The van der Waals surface area contributed by atoms with Gasteiger partial charge in [-0.3, -0.25) is 0 Å². The molecular weight excluding hydrogens is 96.1 g/mol. The molecule has 0 amide bonds. The Labute approximate surface area is 52.6 Å². The molecule has 0 aromatic carbocycles. The molecule has 0 aliphatic heterocycles. The van der Waals surface area contributed by atoms with E-state index in [-0.39, 0.29) is 5.41 Å². The van der Waals surface area contributed by atoms with Crippen molar-refractivity contribution >= 4 is 0 Å². The second-order valence-corrected chi connectivity index (χ2v) is 2.91. The van der Waals surface area contributed by atoms with Gasteiger partial charge in [0.1, 0.15) is 0 Å². The normalized spacial score (nSPS) is 11.4. The van der Waals surface area contributed by atoms with E-state index in [4.69, 9.17) is 6.58 Å². The highest BCUT2D eigenvalue weighted by molar-refractivity contribution is 4.84. The van der Waals surface area contributed by atoms with E-state index in [2.05, 4.69) is 20.8 Å². The zero-order valence-electron chi connectivity index (χ0n) is 6.07. The maximum Gasteiger partial charge on any atom is -0.0172 e. The van der Waals surface area contributed by atoms with Gasteiger partial charge in [0.2, 0.25) is 0 Å². The molecular formula is C8H15. The standard InChI is InChI=1S/C8H15/c1-5-7-8(3,4)6-2/h2,6H,5,7H2,1,3-4H3. The molecule has 1 radical (unpaired) electrons. The maximum absolute atomic E-state index is 5.37. The van der Waals surface area contributed by atoms with Gasteiger partial charge < -0.3 is 0 Å². The zero-order valence-corrected chi connectivity index (χ0v) is 6.07. The summed E-state index contributed by atoms with van der Waals surface area (Å²) in [4.78, 5) is 0. The van der Waals surface area contributed by atoms with Crippen LogP contribution in [0.1, 0.15) is 33.6 Å². The largest absolute Gasteiger partial charge is 0.0789 e. The lowest BCUT2D eigenvalue weighted by Crippen LogP contribution is -2.04. The molecule has 0 N–H and O–H groups in total. The minimum atomic E-state index is 0.245. The van der Waals surface area contributed by atoms with Crippen molar-refractivity contribution in [2.45, 2.75) is 33.6 Å². The first-order valence-electron chi connectivity index (χ1n) is 3.18. The molecule has 0 aromatic rings. The van der Waals surface area contributed by atoms with E-state index in [0.29, 0.717) is 0 Å². The van der Waals surface area contributed by atoms with Crippen LogP contribution in [0.4, 0.5) is 0 Å². The highest BCUT2D eigenvalue weighted by atomic mass is 14.1. The Morgan fingerprint density at radius 2 is 2.00 bits per heavy atom. The summed E-state index contributed by atoms with van der Waals surface area (Å²) >= 11 is 0. The van der Waals surface area contributed by atoms with E-state index in [1.54, 1.807) is 6.08 Å². The third-order valence-corrected chi connectivity index (χ3v) is 1.35. The van der Waals surface area contributed by atoms with Crippen LogP contribution >= 0.6 is 0 Å². The molecule has 0 aromatic heterocycles. The summed E-state index contributed by atoms with van der Waals surface area (Å²) in [5.41, 5.74) is 0.245. The number of allylic oxidation sites excluding steroid dienone is 1. The van der Waals surface area contributed by atoms with E-state index >= 15 is 0 Å². The molecule has 0 bridgehead atoms. The number of rotatable bonds is 3. The lowest BCUT2D eigenvalue weighted by atomic mass is 9.89. The van der Waals surface area contributed by atoms with Crippen LogP contribution < -0.4 is 0 Å². The van der Waals surface area contributed by atoms with E-state index in [1.807, 2.05) is 0 Å². The first-order chi connectivity index (χ1) is 3.62. The SMILES string of the molecule is [CH]=CC(C)(C)CCC. The summed E-state index contributed by atoms with van der Waals surface area (Å²) in [6.07, 6.45) is 4.17. The molecule has 0 aliphatic carbocycles. The third kappa shape index (κ3) is 2.84. The van der Waals surface area contributed by atoms with E-state index in [1.165, 1.54) is 12.8 Å². The van der Waals surface area contributed by atoms with Crippen LogP contribution in [0.15, 0.2) is 6.08 Å². The first kappa shape index (κ1) is 7.74. The number of hydrogen-bond acceptors (Lipinski definition) is 0. The summed E-state index contributed by atoms with van der Waals surface area (Å²) in [6.45, 7) is 11.8.